The summed E-state index contributed by atoms with van der Waals surface area (Å²) in [4.78, 5) is 22.9. The van der Waals surface area contributed by atoms with Crippen LogP contribution in [-0.2, 0) is 14.8 Å². The molecule has 1 amide bonds. The average Bonchev–Trinajstić information content (AvgIpc) is 3.86. The largest absolute Gasteiger partial charge is 0.467 e. The molecule has 4 heterocycles. The second kappa shape index (κ2) is 16.8. The van der Waals surface area contributed by atoms with Crippen LogP contribution >= 0.6 is 22.9 Å². The van der Waals surface area contributed by atoms with E-state index in [1.165, 1.54) is 23.6 Å². The zero-order valence-corrected chi connectivity index (χ0v) is 35.7. The van der Waals surface area contributed by atoms with Crippen LogP contribution in [0.25, 0.3) is 16.5 Å². The predicted molar refractivity (Wildman–Crippen MR) is 228 cm³/mol. The number of thiazole rings is 1. The van der Waals surface area contributed by atoms with Crippen molar-refractivity contribution in [3.05, 3.63) is 94.3 Å². The Kier molecular flexibility index (Phi) is 11.8. The monoisotopic (exact) mass is 862 g/mol. The lowest BCUT2D eigenvalue weighted by molar-refractivity contribution is -0.0324. The van der Waals surface area contributed by atoms with Crippen LogP contribution in [0.3, 0.4) is 0 Å². The van der Waals surface area contributed by atoms with E-state index < -0.39 is 21.6 Å². The first-order chi connectivity index (χ1) is 28.2. The van der Waals surface area contributed by atoms with Crippen molar-refractivity contribution in [2.45, 2.75) is 62.8 Å². The Morgan fingerprint density at radius 1 is 1.03 bits per heavy atom. The highest BCUT2D eigenvalue weighted by Crippen LogP contribution is 2.44. The van der Waals surface area contributed by atoms with E-state index in [1.807, 2.05) is 30.3 Å². The number of aromatic amines is 1. The summed E-state index contributed by atoms with van der Waals surface area (Å²) in [6.07, 6.45) is 5.22. The van der Waals surface area contributed by atoms with Crippen molar-refractivity contribution in [1.82, 2.24) is 24.8 Å². The number of hydrogen-bond acceptors (Lipinski definition) is 11. The molecular formula is C43H48ClFN6O6S2. The maximum Gasteiger partial charge on any atom is 0.275 e. The molecule has 312 valence electrons. The smallest absolute Gasteiger partial charge is 0.275 e. The van der Waals surface area contributed by atoms with Gasteiger partial charge in [0.1, 0.15) is 23.8 Å². The highest BCUT2D eigenvalue weighted by atomic mass is 35.5. The Balaban J connectivity index is 1.00. The van der Waals surface area contributed by atoms with E-state index >= 15 is 4.39 Å². The van der Waals surface area contributed by atoms with Crippen molar-refractivity contribution in [3.63, 3.8) is 0 Å². The van der Waals surface area contributed by atoms with Crippen molar-refractivity contribution in [3.8, 4) is 16.7 Å². The first kappa shape index (κ1) is 41.2. The molecule has 2 fully saturated rings. The van der Waals surface area contributed by atoms with Gasteiger partial charge in [-0.2, -0.15) is 5.10 Å². The van der Waals surface area contributed by atoms with Gasteiger partial charge in [0.05, 0.1) is 28.4 Å². The molecule has 0 saturated carbocycles. The molecule has 2 aliphatic heterocycles. The van der Waals surface area contributed by atoms with Crippen molar-refractivity contribution >= 4 is 61.0 Å². The number of aryl methyl sites for hydroxylation is 1. The molecule has 16 heteroatoms. The second-order valence-corrected chi connectivity index (χ2v) is 19.7. The fourth-order valence-electron chi connectivity index (χ4n) is 7.99. The van der Waals surface area contributed by atoms with E-state index in [0.29, 0.717) is 11.1 Å². The minimum atomic E-state index is -4.40. The van der Waals surface area contributed by atoms with Crippen molar-refractivity contribution in [2.75, 3.05) is 57.4 Å². The number of hydrogen-bond donors (Lipinski definition) is 2. The van der Waals surface area contributed by atoms with Crippen LogP contribution in [0.5, 0.6) is 16.7 Å². The van der Waals surface area contributed by atoms with Gasteiger partial charge in [0, 0.05) is 75.6 Å². The molecule has 2 saturated heterocycles. The normalized spacial score (nSPS) is 18.6. The molecule has 0 spiro atoms. The second-order valence-electron chi connectivity index (χ2n) is 16.4. The summed E-state index contributed by atoms with van der Waals surface area (Å²) in [5.41, 5.74) is 4.53. The molecule has 8 rings (SSSR count). The fourth-order valence-corrected chi connectivity index (χ4v) is 10.4. The zero-order valence-electron chi connectivity index (χ0n) is 33.4. The molecule has 2 aromatic heterocycles. The molecule has 3 aromatic carbocycles. The number of ether oxygens (including phenoxy) is 3. The number of H-pyrrole nitrogens is 1. The van der Waals surface area contributed by atoms with Gasteiger partial charge >= 0.3 is 0 Å². The Hall–Kier alpha value is -4.54. The van der Waals surface area contributed by atoms with Gasteiger partial charge in [-0.15, -0.1) is 0 Å². The molecule has 0 bridgehead atoms. The molecule has 0 unspecified atom stereocenters. The third kappa shape index (κ3) is 9.44. The summed E-state index contributed by atoms with van der Waals surface area (Å²) in [5, 5.41) is 8.51. The van der Waals surface area contributed by atoms with E-state index in [1.54, 1.807) is 24.4 Å². The SMILES string of the molecule is Cc1nc(OCC2(F)CCOCC2)sc1S(=O)(=O)NC(=O)c1ccc(N2CCN(CC3=C(c4ccc(Cl)cc4)CC(C)(C)CC3)CC2)cc1Oc1cccc2[nH]ncc12. The van der Waals surface area contributed by atoms with Gasteiger partial charge in [0.2, 0.25) is 0 Å². The maximum absolute atomic E-state index is 15.1. The number of anilines is 1. The molecular weight excluding hydrogens is 815 g/mol. The molecule has 3 aliphatic rings. The van der Waals surface area contributed by atoms with Crippen LogP contribution in [0.2, 0.25) is 5.02 Å². The van der Waals surface area contributed by atoms with Gasteiger partial charge in [0.25, 0.3) is 21.1 Å². The van der Waals surface area contributed by atoms with Crippen LogP contribution in [-0.4, -0.2) is 92.6 Å². The Labute approximate surface area is 352 Å². The molecule has 2 N–H and O–H groups in total. The van der Waals surface area contributed by atoms with Gasteiger partial charge < -0.3 is 19.1 Å². The summed E-state index contributed by atoms with van der Waals surface area (Å²) in [6.45, 7) is 10.6. The number of allylic oxidation sites excluding steroid dienone is 1. The van der Waals surface area contributed by atoms with Gasteiger partial charge in [-0.3, -0.25) is 14.8 Å². The van der Waals surface area contributed by atoms with E-state index in [4.69, 9.17) is 25.8 Å². The highest BCUT2D eigenvalue weighted by Gasteiger charge is 2.35. The number of nitrogens with zero attached hydrogens (tertiary/aromatic N) is 4. The van der Waals surface area contributed by atoms with Crippen molar-refractivity contribution < 1.29 is 31.8 Å². The molecule has 12 nitrogen and oxygen atoms in total. The number of sulfonamides is 1. The van der Waals surface area contributed by atoms with E-state index in [2.05, 4.69) is 55.7 Å². The topological polar surface area (TPSA) is 139 Å². The Morgan fingerprint density at radius 2 is 1.80 bits per heavy atom. The molecule has 59 heavy (non-hydrogen) atoms. The van der Waals surface area contributed by atoms with E-state index in [0.717, 1.165) is 79.5 Å². The summed E-state index contributed by atoms with van der Waals surface area (Å²) >= 11 is 6.98. The number of rotatable bonds is 12. The fraction of sp³-hybridized carbons (Fsp3) is 0.419. The number of amides is 1. The van der Waals surface area contributed by atoms with Gasteiger partial charge in [-0.1, -0.05) is 60.6 Å². The van der Waals surface area contributed by atoms with Crippen LogP contribution in [0.4, 0.5) is 10.1 Å². The van der Waals surface area contributed by atoms with Gasteiger partial charge in [-0.05, 0) is 79.1 Å². The zero-order chi connectivity index (χ0) is 41.4. The highest BCUT2D eigenvalue weighted by molar-refractivity contribution is 7.92. The molecule has 0 radical (unpaired) electrons. The number of aromatic nitrogens is 3. The van der Waals surface area contributed by atoms with Crippen LogP contribution in [0.1, 0.15) is 67.6 Å². The van der Waals surface area contributed by atoms with E-state index in [9.17, 15) is 13.2 Å². The lowest BCUT2D eigenvalue weighted by Gasteiger charge is -2.39. The predicted octanol–water partition coefficient (Wildman–Crippen LogP) is 8.58. The van der Waals surface area contributed by atoms with Crippen LogP contribution in [0.15, 0.2) is 76.6 Å². The number of fused-ring (bicyclic) bond motifs is 1. The third-order valence-electron chi connectivity index (χ3n) is 11.5. The quantitative estimate of drug-likeness (QED) is 0.125. The number of halogens is 2. The van der Waals surface area contributed by atoms with Crippen LogP contribution < -0.4 is 19.1 Å². The number of nitrogens with one attached hydrogen (secondary N) is 2. The summed E-state index contributed by atoms with van der Waals surface area (Å²) in [6, 6.07) is 18.8. The molecule has 1 aliphatic carbocycles. The lowest BCUT2D eigenvalue weighted by Crippen LogP contribution is -2.47. The Bertz CT molecular complexity index is 2470. The van der Waals surface area contributed by atoms with Crippen LogP contribution in [0, 0.1) is 12.3 Å². The average molecular weight is 863 g/mol. The third-order valence-corrected chi connectivity index (χ3v) is 14.7. The van der Waals surface area contributed by atoms with Gasteiger partial charge in [0.15, 0.2) is 4.21 Å². The Morgan fingerprint density at radius 3 is 2.56 bits per heavy atom. The van der Waals surface area contributed by atoms with Crippen molar-refractivity contribution in [1.29, 1.82) is 0 Å². The van der Waals surface area contributed by atoms with E-state index in [-0.39, 0.29) is 64.5 Å². The number of benzene rings is 3. The summed E-state index contributed by atoms with van der Waals surface area (Å²) in [7, 11) is -4.40. The first-order valence-corrected chi connectivity index (χ1v) is 22.5. The number of carbonyl (C=O) groups is 1. The molecule has 0 atom stereocenters. The summed E-state index contributed by atoms with van der Waals surface area (Å²) in [5.74, 6) is -0.245. The maximum atomic E-state index is 15.1. The lowest BCUT2D eigenvalue weighted by atomic mass is 9.72. The van der Waals surface area contributed by atoms with Crippen molar-refractivity contribution in [2.24, 2.45) is 5.41 Å². The first-order valence-electron chi connectivity index (χ1n) is 19.9. The minimum absolute atomic E-state index is 0.00179. The number of alkyl halides is 1. The minimum Gasteiger partial charge on any atom is -0.467 e. The molecule has 5 aromatic rings. The number of piperazine rings is 1. The van der Waals surface area contributed by atoms with Gasteiger partial charge in [-0.25, -0.2) is 22.5 Å². The number of carbonyl (C=O) groups excluding carboxylic acids is 1. The summed E-state index contributed by atoms with van der Waals surface area (Å²) < 4.78 is 61.8. The standard InChI is InChI=1S/C43H48ClFN6O6S2/c1-28-40(58-41(47-28)56-27-43(45)15-21-55-22-16-43)59(53,54)49-39(52)33-12-11-32(23-38(33)57-37-6-4-5-36-35(37)25-46-48-36)51-19-17-50(18-20-51)26-30-13-14-42(2,3)24-34(30)29-7-9-31(44)10-8-29/h4-12,23,25H,13-22,24,26-27H2,1-3H3,(H,46,48)(H,49,52).